The Morgan fingerprint density at radius 2 is 1.95 bits per heavy atom. The third-order valence-corrected chi connectivity index (χ3v) is 5.59. The molecule has 0 saturated heterocycles. The molecule has 0 aliphatic carbocycles. The highest BCUT2D eigenvalue weighted by molar-refractivity contribution is 7.92. The largest absolute Gasteiger partial charge is 0.492 e. The summed E-state index contributed by atoms with van der Waals surface area (Å²) in [6, 6.07) is 3.96. The Kier molecular flexibility index (Phi) is 5.15. The molecule has 1 rings (SSSR count). The minimum atomic E-state index is -3.24. The van der Waals surface area contributed by atoms with Crippen LogP contribution in [0.5, 0.6) is 5.75 Å². The molecule has 0 fully saturated rings. The zero-order valence-electron chi connectivity index (χ0n) is 12.3. The van der Waals surface area contributed by atoms with Gasteiger partial charge in [-0.3, -0.25) is 0 Å². The topological polar surface area (TPSA) is 69.4 Å². The molecule has 0 heterocycles. The van der Waals surface area contributed by atoms with Crippen LogP contribution in [0.3, 0.4) is 0 Å². The van der Waals surface area contributed by atoms with Crippen molar-refractivity contribution in [1.82, 2.24) is 0 Å². The molecule has 1 atom stereocenters. The van der Waals surface area contributed by atoms with E-state index in [2.05, 4.69) is 0 Å². The SMILES string of the molecule is C[C@@H](N)c1ccc(OCCS(=O)(=O)C(C)(C)C)cc1F. The molecule has 0 radical (unpaired) electrons. The highest BCUT2D eigenvalue weighted by atomic mass is 32.2. The van der Waals surface area contributed by atoms with Crippen molar-refractivity contribution in [2.75, 3.05) is 12.4 Å². The van der Waals surface area contributed by atoms with Crippen LogP contribution in [-0.4, -0.2) is 25.5 Å². The smallest absolute Gasteiger partial charge is 0.158 e. The molecule has 20 heavy (non-hydrogen) atoms. The Hall–Kier alpha value is -1.14. The average Bonchev–Trinajstić information content (AvgIpc) is 2.26. The van der Waals surface area contributed by atoms with E-state index in [0.717, 1.165) is 0 Å². The van der Waals surface area contributed by atoms with Crippen molar-refractivity contribution >= 4 is 9.84 Å². The lowest BCUT2D eigenvalue weighted by molar-refractivity contribution is 0.337. The first kappa shape index (κ1) is 16.9. The van der Waals surface area contributed by atoms with Crippen LogP contribution in [0.2, 0.25) is 0 Å². The van der Waals surface area contributed by atoms with Crippen molar-refractivity contribution in [2.45, 2.75) is 38.5 Å². The van der Waals surface area contributed by atoms with E-state index in [0.29, 0.717) is 11.3 Å². The summed E-state index contributed by atoms with van der Waals surface area (Å²) in [5.74, 6) is -0.250. The van der Waals surface area contributed by atoms with Gasteiger partial charge in [0.1, 0.15) is 18.2 Å². The fraction of sp³-hybridized carbons (Fsp3) is 0.571. The number of hydrogen-bond donors (Lipinski definition) is 1. The zero-order valence-corrected chi connectivity index (χ0v) is 13.1. The van der Waals surface area contributed by atoms with Crippen LogP contribution in [0.15, 0.2) is 18.2 Å². The number of halogens is 1. The second kappa shape index (κ2) is 6.10. The highest BCUT2D eigenvalue weighted by Gasteiger charge is 2.28. The van der Waals surface area contributed by atoms with Gasteiger partial charge < -0.3 is 10.5 Å². The van der Waals surface area contributed by atoms with Gasteiger partial charge in [-0.15, -0.1) is 0 Å². The Labute approximate surface area is 120 Å². The van der Waals surface area contributed by atoms with Crippen LogP contribution in [-0.2, 0) is 9.84 Å². The van der Waals surface area contributed by atoms with E-state index in [1.807, 2.05) is 0 Å². The molecule has 0 spiro atoms. The average molecular weight is 303 g/mol. The van der Waals surface area contributed by atoms with Gasteiger partial charge in [-0.25, -0.2) is 12.8 Å². The minimum Gasteiger partial charge on any atom is -0.492 e. The lowest BCUT2D eigenvalue weighted by atomic mass is 10.1. The monoisotopic (exact) mass is 303 g/mol. The summed E-state index contributed by atoms with van der Waals surface area (Å²) < 4.78 is 41.9. The van der Waals surface area contributed by atoms with E-state index in [1.165, 1.54) is 6.07 Å². The van der Waals surface area contributed by atoms with E-state index in [1.54, 1.807) is 39.8 Å². The highest BCUT2D eigenvalue weighted by Crippen LogP contribution is 2.21. The van der Waals surface area contributed by atoms with E-state index in [9.17, 15) is 12.8 Å². The van der Waals surface area contributed by atoms with Gasteiger partial charge in [0.15, 0.2) is 9.84 Å². The standard InChI is InChI=1S/C14H22FNO3S/c1-10(16)12-6-5-11(9-13(12)15)19-7-8-20(17,18)14(2,3)4/h5-6,9-10H,7-8,16H2,1-4H3/t10-/m1/s1. The first-order chi connectivity index (χ1) is 9.04. The lowest BCUT2D eigenvalue weighted by Crippen LogP contribution is -2.32. The molecule has 4 nitrogen and oxygen atoms in total. The quantitative estimate of drug-likeness (QED) is 0.907. The van der Waals surface area contributed by atoms with E-state index < -0.39 is 26.4 Å². The fourth-order valence-electron chi connectivity index (χ4n) is 1.54. The summed E-state index contributed by atoms with van der Waals surface area (Å²) in [5, 5.41) is 0. The van der Waals surface area contributed by atoms with Gasteiger partial charge in [0.05, 0.1) is 10.5 Å². The summed E-state index contributed by atoms with van der Waals surface area (Å²) in [5.41, 5.74) is 6.01. The first-order valence-electron chi connectivity index (χ1n) is 6.45. The summed E-state index contributed by atoms with van der Waals surface area (Å²) in [4.78, 5) is 0. The number of nitrogens with two attached hydrogens (primary N) is 1. The third-order valence-electron chi connectivity index (χ3n) is 3.02. The van der Waals surface area contributed by atoms with Gasteiger partial charge in [0.2, 0.25) is 0 Å². The van der Waals surface area contributed by atoms with Crippen molar-refractivity contribution in [3.8, 4) is 5.75 Å². The number of rotatable bonds is 5. The third kappa shape index (κ3) is 4.18. The summed E-state index contributed by atoms with van der Waals surface area (Å²) in [6.45, 7) is 6.60. The molecule has 0 aliphatic heterocycles. The van der Waals surface area contributed by atoms with Gasteiger partial charge in [-0.2, -0.15) is 0 Å². The van der Waals surface area contributed by atoms with Crippen molar-refractivity contribution in [3.05, 3.63) is 29.6 Å². The second-order valence-electron chi connectivity index (χ2n) is 5.75. The molecule has 0 aliphatic rings. The van der Waals surface area contributed by atoms with Crippen LogP contribution in [0.1, 0.15) is 39.3 Å². The van der Waals surface area contributed by atoms with Crippen molar-refractivity contribution in [3.63, 3.8) is 0 Å². The Bertz CT molecular complexity index is 562. The van der Waals surface area contributed by atoms with E-state index in [4.69, 9.17) is 10.5 Å². The number of hydrogen-bond acceptors (Lipinski definition) is 4. The Morgan fingerprint density at radius 1 is 1.35 bits per heavy atom. The predicted molar refractivity (Wildman–Crippen MR) is 78.0 cm³/mol. The maximum Gasteiger partial charge on any atom is 0.158 e. The molecule has 2 N–H and O–H groups in total. The predicted octanol–water partition coefficient (Wildman–Crippen LogP) is 2.44. The molecular weight excluding hydrogens is 281 g/mol. The van der Waals surface area contributed by atoms with Crippen LogP contribution < -0.4 is 10.5 Å². The summed E-state index contributed by atoms with van der Waals surface area (Å²) in [7, 11) is -3.24. The van der Waals surface area contributed by atoms with Crippen molar-refractivity contribution < 1.29 is 17.5 Å². The Morgan fingerprint density at radius 3 is 2.40 bits per heavy atom. The molecule has 0 unspecified atom stereocenters. The van der Waals surface area contributed by atoms with Gasteiger partial charge in [0.25, 0.3) is 0 Å². The Balaban J connectivity index is 2.66. The van der Waals surface area contributed by atoms with Crippen LogP contribution >= 0.6 is 0 Å². The summed E-state index contributed by atoms with van der Waals surface area (Å²) in [6.07, 6.45) is 0. The molecule has 0 aromatic heterocycles. The van der Waals surface area contributed by atoms with Gasteiger partial charge in [0, 0.05) is 17.7 Å². The molecule has 1 aromatic rings. The molecule has 114 valence electrons. The van der Waals surface area contributed by atoms with Gasteiger partial charge >= 0.3 is 0 Å². The maximum absolute atomic E-state index is 13.7. The number of benzene rings is 1. The van der Waals surface area contributed by atoms with E-state index >= 15 is 0 Å². The van der Waals surface area contributed by atoms with Crippen LogP contribution in [0.25, 0.3) is 0 Å². The van der Waals surface area contributed by atoms with Crippen LogP contribution in [0.4, 0.5) is 4.39 Å². The zero-order chi connectivity index (χ0) is 15.6. The normalized spacial score (nSPS) is 14.1. The lowest BCUT2D eigenvalue weighted by Gasteiger charge is -2.19. The molecule has 6 heteroatoms. The molecule has 1 aromatic carbocycles. The number of ether oxygens (including phenoxy) is 1. The van der Waals surface area contributed by atoms with E-state index in [-0.39, 0.29) is 12.4 Å². The van der Waals surface area contributed by atoms with Crippen molar-refractivity contribution in [2.24, 2.45) is 5.73 Å². The molecule has 0 saturated carbocycles. The maximum atomic E-state index is 13.7. The molecular formula is C14H22FNO3S. The fourth-order valence-corrected chi connectivity index (χ4v) is 2.46. The summed E-state index contributed by atoms with van der Waals surface area (Å²) >= 11 is 0. The molecule has 0 amide bonds. The minimum absolute atomic E-state index is 0.00340. The van der Waals surface area contributed by atoms with Gasteiger partial charge in [-0.1, -0.05) is 6.07 Å². The first-order valence-corrected chi connectivity index (χ1v) is 8.10. The molecule has 0 bridgehead atoms. The van der Waals surface area contributed by atoms with Crippen LogP contribution in [0, 0.1) is 5.82 Å². The van der Waals surface area contributed by atoms with Crippen molar-refractivity contribution in [1.29, 1.82) is 0 Å². The second-order valence-corrected chi connectivity index (χ2v) is 8.61. The van der Waals surface area contributed by atoms with Gasteiger partial charge in [-0.05, 0) is 33.8 Å². The number of sulfone groups is 1.